The van der Waals surface area contributed by atoms with Gasteiger partial charge in [0.2, 0.25) is 0 Å². The fourth-order valence-electron chi connectivity index (χ4n) is 4.04. The number of aryl methyl sites for hydroxylation is 1. The smallest absolute Gasteiger partial charge is 0.416 e. The molecule has 5 aromatic rings. The van der Waals surface area contributed by atoms with Crippen LogP contribution in [-0.2, 0) is 19.3 Å². The lowest BCUT2D eigenvalue weighted by Crippen LogP contribution is -2.22. The quantitative estimate of drug-likeness (QED) is 0.225. The predicted octanol–water partition coefficient (Wildman–Crippen LogP) is 6.94. The molecule has 0 spiro atoms. The lowest BCUT2D eigenvalue weighted by Gasteiger charge is -2.11. The molecular formula is C29H21ClF3N3O3S. The van der Waals surface area contributed by atoms with Gasteiger partial charge in [-0.25, -0.2) is 4.98 Å². The highest BCUT2D eigenvalue weighted by Crippen LogP contribution is 2.35. The number of thiazole rings is 1. The van der Waals surface area contributed by atoms with Crippen LogP contribution < -0.4 is 15.6 Å². The maximum absolute atomic E-state index is 13.1. The highest BCUT2D eigenvalue weighted by molar-refractivity contribution is 7.16. The summed E-state index contributed by atoms with van der Waals surface area (Å²) in [7, 11) is 0. The number of nitrogens with zero attached hydrogens (tertiary/aromatic N) is 2. The second kappa shape index (κ2) is 11.1. The molecule has 0 unspecified atom stereocenters. The van der Waals surface area contributed by atoms with E-state index in [1.165, 1.54) is 16.8 Å². The number of alkyl halides is 3. The zero-order valence-corrected chi connectivity index (χ0v) is 22.5. The molecule has 0 bridgehead atoms. The van der Waals surface area contributed by atoms with E-state index < -0.39 is 17.3 Å². The van der Waals surface area contributed by atoms with Crippen molar-refractivity contribution in [1.29, 1.82) is 0 Å². The minimum absolute atomic E-state index is 0.0128. The molecule has 2 heterocycles. The highest BCUT2D eigenvalue weighted by atomic mass is 35.5. The monoisotopic (exact) mass is 583 g/mol. The molecule has 1 amide bonds. The standard InChI is InChI=1S/C29H21ClF3N3O3S/c1-17-26(27(38)34-15-18-5-3-2-4-6-18)40-28(35-17)36-10-9-22(14-25(36)37)39-16-19-7-8-20-12-21(29(31,32)33)13-24(30)23(20)11-19/h2-14H,15-16H2,1H3,(H,34,38). The summed E-state index contributed by atoms with van der Waals surface area (Å²) < 4.78 is 46.3. The van der Waals surface area contributed by atoms with Crippen molar-refractivity contribution in [3.05, 3.63) is 122 Å². The number of carbonyl (C=O) groups is 1. The summed E-state index contributed by atoms with van der Waals surface area (Å²) in [5.41, 5.74) is 0.927. The molecular weight excluding hydrogens is 563 g/mol. The van der Waals surface area contributed by atoms with Crippen LogP contribution >= 0.6 is 22.9 Å². The highest BCUT2D eigenvalue weighted by Gasteiger charge is 2.31. The van der Waals surface area contributed by atoms with Crippen LogP contribution in [-0.4, -0.2) is 15.5 Å². The number of amides is 1. The first-order valence-electron chi connectivity index (χ1n) is 12.0. The van der Waals surface area contributed by atoms with E-state index in [2.05, 4.69) is 10.3 Å². The second-order valence-corrected chi connectivity index (χ2v) is 10.3. The van der Waals surface area contributed by atoms with Crippen molar-refractivity contribution >= 4 is 39.6 Å². The van der Waals surface area contributed by atoms with E-state index in [1.807, 2.05) is 30.3 Å². The summed E-state index contributed by atoms with van der Waals surface area (Å²) in [6, 6.07) is 19.2. The molecule has 0 aliphatic rings. The largest absolute Gasteiger partial charge is 0.489 e. The molecule has 0 aliphatic heterocycles. The zero-order chi connectivity index (χ0) is 28.4. The Hall–Kier alpha value is -4.15. The number of benzene rings is 3. The average Bonchev–Trinajstić information content (AvgIpc) is 3.32. The Balaban J connectivity index is 1.27. The minimum Gasteiger partial charge on any atom is -0.489 e. The molecule has 11 heteroatoms. The number of halogens is 4. The first kappa shape index (κ1) is 27.4. The van der Waals surface area contributed by atoms with E-state index in [4.69, 9.17) is 16.3 Å². The number of aromatic nitrogens is 2. The molecule has 3 aromatic carbocycles. The van der Waals surface area contributed by atoms with Crippen molar-refractivity contribution in [3.63, 3.8) is 0 Å². The Morgan fingerprint density at radius 2 is 1.82 bits per heavy atom. The first-order chi connectivity index (χ1) is 19.1. The van der Waals surface area contributed by atoms with Gasteiger partial charge in [0.05, 0.1) is 11.3 Å². The lowest BCUT2D eigenvalue weighted by atomic mass is 10.0. The van der Waals surface area contributed by atoms with Crippen molar-refractivity contribution < 1.29 is 22.7 Å². The summed E-state index contributed by atoms with van der Waals surface area (Å²) in [4.78, 5) is 30.3. The van der Waals surface area contributed by atoms with Gasteiger partial charge in [-0.3, -0.25) is 14.2 Å². The van der Waals surface area contributed by atoms with E-state index in [9.17, 15) is 22.8 Å². The molecule has 0 saturated carbocycles. The first-order valence-corrected chi connectivity index (χ1v) is 13.2. The number of nitrogens with one attached hydrogen (secondary N) is 1. The van der Waals surface area contributed by atoms with Gasteiger partial charge in [-0.05, 0) is 47.7 Å². The third kappa shape index (κ3) is 6.03. The van der Waals surface area contributed by atoms with Gasteiger partial charge in [-0.15, -0.1) is 0 Å². The number of ether oxygens (including phenoxy) is 1. The maximum Gasteiger partial charge on any atom is 0.416 e. The second-order valence-electron chi connectivity index (χ2n) is 8.95. The van der Waals surface area contributed by atoms with Crippen molar-refractivity contribution in [2.45, 2.75) is 26.3 Å². The van der Waals surface area contributed by atoms with E-state index in [0.29, 0.717) is 44.3 Å². The van der Waals surface area contributed by atoms with Crippen molar-refractivity contribution in [2.24, 2.45) is 0 Å². The van der Waals surface area contributed by atoms with Crippen molar-refractivity contribution in [3.8, 4) is 10.9 Å². The van der Waals surface area contributed by atoms with Crippen molar-refractivity contribution in [1.82, 2.24) is 14.9 Å². The topological polar surface area (TPSA) is 73.2 Å². The third-order valence-corrected chi connectivity index (χ3v) is 7.55. The maximum atomic E-state index is 13.1. The number of hydrogen-bond acceptors (Lipinski definition) is 5. The Kier molecular flexibility index (Phi) is 7.64. The van der Waals surface area contributed by atoms with E-state index >= 15 is 0 Å². The van der Waals surface area contributed by atoms with Gasteiger partial charge in [0.1, 0.15) is 17.2 Å². The number of fused-ring (bicyclic) bond motifs is 1. The summed E-state index contributed by atoms with van der Waals surface area (Å²) in [5, 5.41) is 4.03. The van der Waals surface area contributed by atoms with Gasteiger partial charge in [0.15, 0.2) is 5.13 Å². The SMILES string of the molecule is Cc1nc(-n2ccc(OCc3ccc4cc(C(F)(F)F)cc(Cl)c4c3)cc2=O)sc1C(=O)NCc1ccccc1. The normalized spacial score (nSPS) is 11.5. The lowest BCUT2D eigenvalue weighted by molar-refractivity contribution is -0.137. The molecule has 0 fully saturated rings. The number of pyridine rings is 1. The van der Waals surface area contributed by atoms with Gasteiger partial charge in [-0.2, -0.15) is 13.2 Å². The molecule has 6 nitrogen and oxygen atoms in total. The molecule has 204 valence electrons. The van der Waals surface area contributed by atoms with Gasteiger partial charge >= 0.3 is 6.18 Å². The molecule has 1 N–H and O–H groups in total. The summed E-state index contributed by atoms with van der Waals surface area (Å²) in [6.07, 6.45) is -2.98. The molecule has 2 aromatic heterocycles. The van der Waals surface area contributed by atoms with Crippen LogP contribution in [0.3, 0.4) is 0 Å². The Labute approximate surface area is 235 Å². The third-order valence-electron chi connectivity index (χ3n) is 6.09. The van der Waals surface area contributed by atoms with Crippen LogP contribution in [0.5, 0.6) is 5.75 Å². The van der Waals surface area contributed by atoms with Crippen LogP contribution in [0, 0.1) is 6.92 Å². The summed E-state index contributed by atoms with van der Waals surface area (Å²) >= 11 is 7.22. The van der Waals surface area contributed by atoms with Crippen molar-refractivity contribution in [2.75, 3.05) is 0 Å². The Bertz CT molecular complexity index is 1770. The average molecular weight is 584 g/mol. The fourth-order valence-corrected chi connectivity index (χ4v) is 5.30. The molecule has 0 saturated heterocycles. The van der Waals surface area contributed by atoms with Gasteiger partial charge in [0, 0.05) is 29.2 Å². The van der Waals surface area contributed by atoms with Gasteiger partial charge in [0.25, 0.3) is 11.5 Å². The van der Waals surface area contributed by atoms with Gasteiger partial charge in [-0.1, -0.05) is 65.4 Å². The number of carbonyl (C=O) groups excluding carboxylic acids is 1. The molecule has 5 rings (SSSR count). The van der Waals surface area contributed by atoms with Crippen LogP contribution in [0.4, 0.5) is 13.2 Å². The minimum atomic E-state index is -4.49. The molecule has 40 heavy (non-hydrogen) atoms. The van der Waals surface area contributed by atoms with Crippen LogP contribution in [0.1, 0.15) is 32.1 Å². The summed E-state index contributed by atoms with van der Waals surface area (Å²) in [6.45, 7) is 2.15. The van der Waals surface area contributed by atoms with Gasteiger partial charge < -0.3 is 10.1 Å². The van der Waals surface area contributed by atoms with E-state index in [0.717, 1.165) is 29.0 Å². The Morgan fingerprint density at radius 3 is 2.55 bits per heavy atom. The molecule has 0 radical (unpaired) electrons. The number of rotatable bonds is 7. The number of hydrogen-bond donors (Lipinski definition) is 1. The summed E-state index contributed by atoms with van der Waals surface area (Å²) in [5.74, 6) is 0.0252. The Morgan fingerprint density at radius 1 is 1.05 bits per heavy atom. The van der Waals surface area contributed by atoms with E-state index in [1.54, 1.807) is 31.2 Å². The zero-order valence-electron chi connectivity index (χ0n) is 21.0. The predicted molar refractivity (Wildman–Crippen MR) is 148 cm³/mol. The fraction of sp³-hybridized carbons (Fsp3) is 0.138. The van der Waals surface area contributed by atoms with Crippen LogP contribution in [0.15, 0.2) is 83.8 Å². The van der Waals surface area contributed by atoms with Crippen LogP contribution in [0.25, 0.3) is 15.9 Å². The van der Waals surface area contributed by atoms with E-state index in [-0.39, 0.29) is 17.5 Å². The molecule has 0 aliphatic carbocycles. The van der Waals surface area contributed by atoms with Crippen LogP contribution in [0.2, 0.25) is 5.02 Å². The molecule has 0 atom stereocenters.